The smallest absolute Gasteiger partial charge is 0.253 e. The molecule has 0 saturated carbocycles. The van der Waals surface area contributed by atoms with Crippen molar-refractivity contribution in [2.75, 3.05) is 42.9 Å². The van der Waals surface area contributed by atoms with E-state index in [4.69, 9.17) is 12.2 Å². The van der Waals surface area contributed by atoms with Crippen molar-refractivity contribution in [3.8, 4) is 0 Å². The first-order valence-corrected chi connectivity index (χ1v) is 11.9. The third-order valence-electron chi connectivity index (χ3n) is 6.13. The maximum absolute atomic E-state index is 12.6. The highest BCUT2D eigenvalue weighted by molar-refractivity contribution is 7.80. The van der Waals surface area contributed by atoms with Crippen molar-refractivity contribution in [1.82, 2.24) is 10.2 Å². The first-order valence-electron chi connectivity index (χ1n) is 11.5. The van der Waals surface area contributed by atoms with Gasteiger partial charge in [-0.15, -0.1) is 0 Å². The number of likely N-dealkylation sites (tertiary alicyclic amines) is 1. The van der Waals surface area contributed by atoms with Crippen LogP contribution in [-0.2, 0) is 6.42 Å². The van der Waals surface area contributed by atoms with Crippen LogP contribution in [0.2, 0.25) is 0 Å². The van der Waals surface area contributed by atoms with Crippen molar-refractivity contribution >= 4 is 34.6 Å². The number of benzene rings is 2. The summed E-state index contributed by atoms with van der Waals surface area (Å²) in [6, 6.07) is 16.3. The number of anilines is 2. The van der Waals surface area contributed by atoms with E-state index in [9.17, 15) is 4.79 Å². The first kappa shape index (κ1) is 21.6. The molecular formula is C25H32N4OS. The zero-order valence-corrected chi connectivity index (χ0v) is 18.9. The Kier molecular flexibility index (Phi) is 7.41. The minimum absolute atomic E-state index is 0.131. The van der Waals surface area contributed by atoms with Gasteiger partial charge in [0.15, 0.2) is 5.11 Å². The van der Waals surface area contributed by atoms with E-state index in [1.165, 1.54) is 30.5 Å². The summed E-state index contributed by atoms with van der Waals surface area (Å²) < 4.78 is 0. The Labute approximate surface area is 190 Å². The zero-order chi connectivity index (χ0) is 21.5. The number of fused-ring (bicyclic) bond motifs is 1. The number of carbonyl (C=O) groups is 1. The van der Waals surface area contributed by atoms with Gasteiger partial charge in [0.05, 0.1) is 0 Å². The predicted molar refractivity (Wildman–Crippen MR) is 132 cm³/mol. The van der Waals surface area contributed by atoms with Gasteiger partial charge in [-0.25, -0.2) is 0 Å². The van der Waals surface area contributed by atoms with Crippen LogP contribution < -0.4 is 15.5 Å². The highest BCUT2D eigenvalue weighted by Gasteiger charge is 2.18. The molecule has 2 aliphatic rings. The SMILES string of the molecule is O=C(c1ccc(NC(=S)NCCCN2CCCc3ccccc32)cc1)N1CCCCC1. The topological polar surface area (TPSA) is 47.6 Å². The van der Waals surface area contributed by atoms with Crippen molar-refractivity contribution in [1.29, 1.82) is 0 Å². The number of amides is 1. The summed E-state index contributed by atoms with van der Waals surface area (Å²) in [6.45, 7) is 4.73. The maximum Gasteiger partial charge on any atom is 0.253 e. The molecule has 2 aromatic carbocycles. The summed E-state index contributed by atoms with van der Waals surface area (Å²) in [5.74, 6) is 0.131. The normalized spacial score (nSPS) is 15.9. The van der Waals surface area contributed by atoms with Gasteiger partial charge in [0.2, 0.25) is 0 Å². The van der Waals surface area contributed by atoms with E-state index >= 15 is 0 Å². The standard InChI is InChI=1S/C25H32N4OS/c30-24(29-16-4-1-5-17-29)21-11-13-22(14-12-21)27-25(31)26-15-7-19-28-18-6-9-20-8-2-3-10-23(20)28/h2-3,8,10-14H,1,4-7,9,15-19H2,(H2,26,27,31). The molecule has 0 spiro atoms. The Hall–Kier alpha value is -2.60. The molecule has 2 aromatic rings. The Bertz CT molecular complexity index is 893. The van der Waals surface area contributed by atoms with Gasteiger partial charge < -0.3 is 20.4 Å². The molecular weight excluding hydrogens is 404 g/mol. The number of rotatable bonds is 6. The van der Waals surface area contributed by atoms with Crippen LogP contribution in [-0.4, -0.2) is 48.6 Å². The van der Waals surface area contributed by atoms with Gasteiger partial charge in [-0.05, 0) is 86.6 Å². The molecule has 0 aromatic heterocycles. The summed E-state index contributed by atoms with van der Waals surface area (Å²) in [4.78, 5) is 17.0. The van der Waals surface area contributed by atoms with Crippen molar-refractivity contribution in [3.63, 3.8) is 0 Å². The van der Waals surface area contributed by atoms with E-state index < -0.39 is 0 Å². The number of piperidine rings is 1. The van der Waals surface area contributed by atoms with E-state index in [2.05, 4.69) is 39.8 Å². The van der Waals surface area contributed by atoms with Gasteiger partial charge in [-0.1, -0.05) is 18.2 Å². The van der Waals surface area contributed by atoms with E-state index in [0.29, 0.717) is 5.11 Å². The zero-order valence-electron chi connectivity index (χ0n) is 18.1. The predicted octanol–water partition coefficient (Wildman–Crippen LogP) is 4.44. The second-order valence-corrected chi connectivity index (χ2v) is 8.79. The molecule has 1 amide bonds. The van der Waals surface area contributed by atoms with E-state index in [0.717, 1.165) is 63.2 Å². The quantitative estimate of drug-likeness (QED) is 0.518. The average Bonchev–Trinajstić information content (AvgIpc) is 2.82. The minimum atomic E-state index is 0.131. The number of thiocarbonyl (C=S) groups is 1. The van der Waals surface area contributed by atoms with Gasteiger partial charge in [-0.3, -0.25) is 4.79 Å². The van der Waals surface area contributed by atoms with E-state index in [1.54, 1.807) is 0 Å². The lowest BCUT2D eigenvalue weighted by molar-refractivity contribution is 0.0724. The van der Waals surface area contributed by atoms with Crippen molar-refractivity contribution in [2.24, 2.45) is 0 Å². The van der Waals surface area contributed by atoms with Crippen molar-refractivity contribution in [2.45, 2.75) is 38.5 Å². The molecule has 2 aliphatic heterocycles. The van der Waals surface area contributed by atoms with Gasteiger partial charge in [0.25, 0.3) is 5.91 Å². The van der Waals surface area contributed by atoms with Gasteiger partial charge in [-0.2, -0.15) is 0 Å². The lowest BCUT2D eigenvalue weighted by Gasteiger charge is -2.31. The molecule has 4 rings (SSSR count). The molecule has 1 fully saturated rings. The Balaban J connectivity index is 1.19. The molecule has 0 unspecified atom stereocenters. The van der Waals surface area contributed by atoms with Gasteiger partial charge >= 0.3 is 0 Å². The first-order chi connectivity index (χ1) is 15.2. The largest absolute Gasteiger partial charge is 0.371 e. The molecule has 2 N–H and O–H groups in total. The maximum atomic E-state index is 12.6. The molecule has 0 aliphatic carbocycles. The van der Waals surface area contributed by atoms with Crippen LogP contribution in [0.5, 0.6) is 0 Å². The molecule has 31 heavy (non-hydrogen) atoms. The summed E-state index contributed by atoms with van der Waals surface area (Å²) in [5, 5.41) is 7.15. The van der Waals surface area contributed by atoms with Crippen LogP contribution in [0.4, 0.5) is 11.4 Å². The molecule has 0 bridgehead atoms. The summed E-state index contributed by atoms with van der Waals surface area (Å²) in [5.41, 5.74) is 4.49. The third-order valence-corrected chi connectivity index (χ3v) is 6.38. The molecule has 1 saturated heterocycles. The molecule has 5 nitrogen and oxygen atoms in total. The van der Waals surface area contributed by atoms with Crippen LogP contribution >= 0.6 is 12.2 Å². The number of nitrogens with one attached hydrogen (secondary N) is 2. The molecule has 0 radical (unpaired) electrons. The van der Waals surface area contributed by atoms with Crippen molar-refractivity contribution in [3.05, 3.63) is 59.7 Å². The molecule has 0 atom stereocenters. The highest BCUT2D eigenvalue weighted by Crippen LogP contribution is 2.26. The summed E-state index contributed by atoms with van der Waals surface area (Å²) >= 11 is 5.44. The lowest BCUT2D eigenvalue weighted by Crippen LogP contribution is -2.35. The minimum Gasteiger partial charge on any atom is -0.371 e. The third kappa shape index (κ3) is 5.76. The molecule has 2 heterocycles. The Morgan fingerprint density at radius 1 is 0.935 bits per heavy atom. The highest BCUT2D eigenvalue weighted by atomic mass is 32.1. The number of aryl methyl sites for hydroxylation is 1. The fourth-order valence-electron chi connectivity index (χ4n) is 4.47. The number of para-hydroxylation sites is 1. The second kappa shape index (κ2) is 10.6. The number of hydrogen-bond acceptors (Lipinski definition) is 3. The Morgan fingerprint density at radius 2 is 1.71 bits per heavy atom. The van der Waals surface area contributed by atoms with Crippen LogP contribution in [0.3, 0.4) is 0 Å². The summed E-state index contributed by atoms with van der Waals surface area (Å²) in [7, 11) is 0. The molecule has 164 valence electrons. The van der Waals surface area contributed by atoms with Crippen molar-refractivity contribution < 1.29 is 4.79 Å². The summed E-state index contributed by atoms with van der Waals surface area (Å²) in [6.07, 6.45) is 6.87. The van der Waals surface area contributed by atoms with E-state index in [1.807, 2.05) is 29.2 Å². The number of hydrogen-bond donors (Lipinski definition) is 2. The fraction of sp³-hybridized carbons (Fsp3) is 0.440. The van der Waals surface area contributed by atoms with Gasteiger partial charge in [0, 0.05) is 49.7 Å². The number of carbonyl (C=O) groups excluding carboxylic acids is 1. The van der Waals surface area contributed by atoms with Crippen LogP contribution in [0.1, 0.15) is 48.0 Å². The van der Waals surface area contributed by atoms with Crippen LogP contribution in [0.25, 0.3) is 0 Å². The van der Waals surface area contributed by atoms with Gasteiger partial charge in [0.1, 0.15) is 0 Å². The second-order valence-electron chi connectivity index (χ2n) is 8.38. The molecule has 6 heteroatoms. The lowest BCUT2D eigenvalue weighted by atomic mass is 10.0. The fourth-order valence-corrected chi connectivity index (χ4v) is 4.69. The Morgan fingerprint density at radius 3 is 2.52 bits per heavy atom. The average molecular weight is 437 g/mol. The monoisotopic (exact) mass is 436 g/mol. The van der Waals surface area contributed by atoms with E-state index in [-0.39, 0.29) is 5.91 Å². The van der Waals surface area contributed by atoms with Crippen LogP contribution in [0.15, 0.2) is 48.5 Å². The number of nitrogens with zero attached hydrogens (tertiary/aromatic N) is 2. The van der Waals surface area contributed by atoms with Crippen LogP contribution in [0, 0.1) is 0 Å².